The maximum atomic E-state index is 8.36. The van der Waals surface area contributed by atoms with Crippen LogP contribution in [0.15, 0.2) is 18.2 Å². The van der Waals surface area contributed by atoms with Crippen molar-refractivity contribution in [1.82, 2.24) is 0 Å². The van der Waals surface area contributed by atoms with Gasteiger partial charge in [-0.25, -0.2) is 0 Å². The van der Waals surface area contributed by atoms with E-state index in [0.717, 1.165) is 0 Å². The molecule has 16 heavy (non-hydrogen) atoms. The van der Waals surface area contributed by atoms with Crippen LogP contribution in [0.2, 0.25) is 0 Å². The Morgan fingerprint density at radius 2 is 1.94 bits per heavy atom. The second-order valence-corrected chi connectivity index (χ2v) is 4.16. The van der Waals surface area contributed by atoms with E-state index in [-0.39, 0.29) is 6.47 Å². The molecule has 1 N–H and O–H groups in total. The minimum atomic E-state index is -0.250. The molecule has 0 saturated heterocycles. The number of carboxylic acid groups (broad SMARTS) is 1. The quantitative estimate of drug-likeness (QED) is 0.787. The zero-order chi connectivity index (χ0) is 12.6. The Hall–Kier alpha value is -1.31. The molecule has 0 aromatic heterocycles. The largest absolute Gasteiger partial charge is 0.483 e. The maximum Gasteiger partial charge on any atom is 0.290 e. The van der Waals surface area contributed by atoms with Gasteiger partial charge in [0.25, 0.3) is 6.47 Å². The predicted molar refractivity (Wildman–Crippen MR) is 67.9 cm³/mol. The van der Waals surface area contributed by atoms with Gasteiger partial charge in [0.2, 0.25) is 0 Å². The molecule has 0 fully saturated rings. The second-order valence-electron chi connectivity index (χ2n) is 4.16. The van der Waals surface area contributed by atoms with Crippen molar-refractivity contribution in [2.24, 2.45) is 0 Å². The molecule has 0 radical (unpaired) electrons. The standard InChI is InChI=1S/C13H20.CH2O2/c1-5-6-11(3)13-9-10(2)7-8-12(13)4;2-1-3/h7-9,11H,5-6H2,1-4H3;1H,(H,2,3). The highest BCUT2D eigenvalue weighted by atomic mass is 16.3. The van der Waals surface area contributed by atoms with E-state index in [4.69, 9.17) is 9.90 Å². The number of benzene rings is 1. The summed E-state index contributed by atoms with van der Waals surface area (Å²) in [5, 5.41) is 6.89. The molecule has 0 saturated carbocycles. The number of carbonyl (C=O) groups is 1. The van der Waals surface area contributed by atoms with Gasteiger partial charge in [0, 0.05) is 0 Å². The van der Waals surface area contributed by atoms with E-state index >= 15 is 0 Å². The zero-order valence-corrected chi connectivity index (χ0v) is 10.7. The first-order valence-electron chi connectivity index (χ1n) is 5.71. The van der Waals surface area contributed by atoms with Gasteiger partial charge in [0.15, 0.2) is 0 Å². The molecule has 0 aliphatic carbocycles. The molecule has 1 aromatic carbocycles. The summed E-state index contributed by atoms with van der Waals surface area (Å²) < 4.78 is 0. The fraction of sp³-hybridized carbons (Fsp3) is 0.500. The van der Waals surface area contributed by atoms with Crippen LogP contribution in [0.5, 0.6) is 0 Å². The lowest BCUT2D eigenvalue weighted by molar-refractivity contribution is -0.122. The van der Waals surface area contributed by atoms with Crippen molar-refractivity contribution in [2.45, 2.75) is 46.5 Å². The van der Waals surface area contributed by atoms with Crippen LogP contribution in [0.3, 0.4) is 0 Å². The number of hydrogen-bond acceptors (Lipinski definition) is 1. The zero-order valence-electron chi connectivity index (χ0n) is 10.7. The number of rotatable bonds is 3. The molecule has 2 nitrogen and oxygen atoms in total. The van der Waals surface area contributed by atoms with Gasteiger partial charge in [-0.05, 0) is 37.3 Å². The van der Waals surface area contributed by atoms with Crippen LogP contribution in [0, 0.1) is 13.8 Å². The molecule has 0 bridgehead atoms. The van der Waals surface area contributed by atoms with Crippen molar-refractivity contribution in [1.29, 1.82) is 0 Å². The highest BCUT2D eigenvalue weighted by molar-refractivity contribution is 5.33. The van der Waals surface area contributed by atoms with E-state index in [1.54, 1.807) is 0 Å². The van der Waals surface area contributed by atoms with Crippen LogP contribution in [0.4, 0.5) is 0 Å². The summed E-state index contributed by atoms with van der Waals surface area (Å²) in [6, 6.07) is 6.75. The summed E-state index contributed by atoms with van der Waals surface area (Å²) in [7, 11) is 0. The van der Waals surface area contributed by atoms with Gasteiger partial charge in [-0.3, -0.25) is 4.79 Å². The molecule has 0 amide bonds. The molecule has 1 aromatic rings. The Morgan fingerprint density at radius 1 is 1.38 bits per heavy atom. The third kappa shape index (κ3) is 4.96. The fourth-order valence-corrected chi connectivity index (χ4v) is 1.88. The summed E-state index contributed by atoms with van der Waals surface area (Å²) in [4.78, 5) is 8.36. The summed E-state index contributed by atoms with van der Waals surface area (Å²) >= 11 is 0. The number of hydrogen-bond donors (Lipinski definition) is 1. The van der Waals surface area contributed by atoms with E-state index < -0.39 is 0 Å². The predicted octanol–water partition coefficient (Wildman–Crippen LogP) is 3.91. The summed E-state index contributed by atoms with van der Waals surface area (Å²) in [6.07, 6.45) is 2.57. The van der Waals surface area contributed by atoms with Crippen LogP contribution in [-0.4, -0.2) is 11.6 Å². The lowest BCUT2D eigenvalue weighted by Gasteiger charge is -2.14. The Morgan fingerprint density at radius 3 is 2.44 bits per heavy atom. The maximum absolute atomic E-state index is 8.36. The fourth-order valence-electron chi connectivity index (χ4n) is 1.88. The lowest BCUT2D eigenvalue weighted by atomic mass is 9.91. The van der Waals surface area contributed by atoms with Crippen molar-refractivity contribution in [3.05, 3.63) is 34.9 Å². The molecule has 1 unspecified atom stereocenters. The molecule has 0 aliphatic rings. The van der Waals surface area contributed by atoms with Gasteiger partial charge in [-0.1, -0.05) is 44.0 Å². The molecule has 1 atom stereocenters. The first-order chi connectivity index (χ1) is 7.56. The van der Waals surface area contributed by atoms with Gasteiger partial charge < -0.3 is 5.11 Å². The van der Waals surface area contributed by atoms with Crippen LogP contribution < -0.4 is 0 Å². The summed E-state index contributed by atoms with van der Waals surface area (Å²) in [6.45, 7) is 8.70. The Balaban J connectivity index is 0.000000673. The van der Waals surface area contributed by atoms with E-state index in [2.05, 4.69) is 45.9 Å². The molecule has 1 rings (SSSR count). The van der Waals surface area contributed by atoms with Gasteiger partial charge in [0.1, 0.15) is 0 Å². The van der Waals surface area contributed by atoms with Crippen LogP contribution >= 0.6 is 0 Å². The van der Waals surface area contributed by atoms with Crippen LogP contribution in [-0.2, 0) is 4.79 Å². The smallest absolute Gasteiger partial charge is 0.290 e. The molecular formula is C14H22O2. The highest BCUT2D eigenvalue weighted by Crippen LogP contribution is 2.24. The van der Waals surface area contributed by atoms with Crippen molar-refractivity contribution >= 4 is 6.47 Å². The molecular weight excluding hydrogens is 200 g/mol. The Labute approximate surface area is 98.3 Å². The van der Waals surface area contributed by atoms with Crippen LogP contribution in [0.25, 0.3) is 0 Å². The SMILES string of the molecule is CCCC(C)c1cc(C)ccc1C.O=CO. The van der Waals surface area contributed by atoms with Crippen molar-refractivity contribution in [2.75, 3.05) is 0 Å². The molecule has 0 aliphatic heterocycles. The average Bonchev–Trinajstić information content (AvgIpc) is 2.23. The minimum absolute atomic E-state index is 0.250. The summed E-state index contributed by atoms with van der Waals surface area (Å²) in [5.74, 6) is 0.713. The Kier molecular flexibility index (Phi) is 7.27. The van der Waals surface area contributed by atoms with Crippen LogP contribution in [0.1, 0.15) is 49.3 Å². The van der Waals surface area contributed by atoms with Crippen molar-refractivity contribution < 1.29 is 9.90 Å². The van der Waals surface area contributed by atoms with E-state index in [9.17, 15) is 0 Å². The first-order valence-corrected chi connectivity index (χ1v) is 5.71. The van der Waals surface area contributed by atoms with Gasteiger partial charge in [-0.15, -0.1) is 0 Å². The van der Waals surface area contributed by atoms with E-state index in [0.29, 0.717) is 5.92 Å². The second kappa shape index (κ2) is 7.91. The number of aryl methyl sites for hydroxylation is 2. The highest BCUT2D eigenvalue weighted by Gasteiger charge is 2.06. The summed E-state index contributed by atoms with van der Waals surface area (Å²) in [5.41, 5.74) is 4.34. The van der Waals surface area contributed by atoms with Crippen molar-refractivity contribution in [3.63, 3.8) is 0 Å². The minimum Gasteiger partial charge on any atom is -0.483 e. The van der Waals surface area contributed by atoms with E-state index in [1.165, 1.54) is 29.5 Å². The van der Waals surface area contributed by atoms with Crippen molar-refractivity contribution in [3.8, 4) is 0 Å². The molecule has 90 valence electrons. The van der Waals surface area contributed by atoms with E-state index in [1.807, 2.05) is 0 Å². The molecule has 0 spiro atoms. The first kappa shape index (κ1) is 14.7. The lowest BCUT2D eigenvalue weighted by Crippen LogP contribution is -1.96. The Bertz CT molecular complexity index is 319. The van der Waals surface area contributed by atoms with Gasteiger partial charge >= 0.3 is 0 Å². The van der Waals surface area contributed by atoms with Gasteiger partial charge in [-0.2, -0.15) is 0 Å². The third-order valence-corrected chi connectivity index (χ3v) is 2.69. The monoisotopic (exact) mass is 222 g/mol. The van der Waals surface area contributed by atoms with Gasteiger partial charge in [0.05, 0.1) is 0 Å². The normalized spacial score (nSPS) is 11.2. The molecule has 0 heterocycles. The average molecular weight is 222 g/mol. The third-order valence-electron chi connectivity index (χ3n) is 2.69. The molecule has 2 heteroatoms. The topological polar surface area (TPSA) is 37.3 Å².